The number of benzene rings is 1. The van der Waals surface area contributed by atoms with Crippen LogP contribution in [0.1, 0.15) is 30.5 Å². The summed E-state index contributed by atoms with van der Waals surface area (Å²) < 4.78 is 34.3. The molecule has 3 rings (SSSR count). The quantitative estimate of drug-likeness (QED) is 0.799. The van der Waals surface area contributed by atoms with Gasteiger partial charge in [0.05, 0.1) is 12.2 Å². The summed E-state index contributed by atoms with van der Waals surface area (Å²) in [5.41, 5.74) is 0.357. The fraction of sp³-hybridized carbons (Fsp3) is 0.375. The molecule has 9 heteroatoms. The fourth-order valence-electron chi connectivity index (χ4n) is 2.74. The molecule has 0 amide bonds. The average molecular weight is 365 g/mol. The first-order valence-electron chi connectivity index (χ1n) is 7.89. The smallest absolute Gasteiger partial charge is 0.326 e. The van der Waals surface area contributed by atoms with Crippen molar-refractivity contribution in [2.24, 2.45) is 0 Å². The zero-order valence-electron chi connectivity index (χ0n) is 13.4. The number of carboxylic acids is 1. The minimum absolute atomic E-state index is 0.0545. The summed E-state index contributed by atoms with van der Waals surface area (Å²) in [6, 6.07) is 6.89. The van der Waals surface area contributed by atoms with Gasteiger partial charge in [0.25, 0.3) is 0 Å². The Kier molecular flexibility index (Phi) is 5.16. The predicted molar refractivity (Wildman–Crippen MR) is 88.5 cm³/mol. The van der Waals surface area contributed by atoms with Crippen LogP contribution in [0.2, 0.25) is 0 Å². The zero-order chi connectivity index (χ0) is 17.9. The number of sulfonamides is 1. The van der Waals surface area contributed by atoms with Crippen LogP contribution in [-0.4, -0.2) is 42.5 Å². The molecule has 0 saturated carbocycles. The second kappa shape index (κ2) is 7.34. The highest BCUT2D eigenvalue weighted by atomic mass is 32.2. The van der Waals surface area contributed by atoms with Crippen molar-refractivity contribution < 1.29 is 23.1 Å². The van der Waals surface area contributed by atoms with Crippen molar-refractivity contribution in [2.75, 3.05) is 13.2 Å². The van der Waals surface area contributed by atoms with E-state index < -0.39 is 22.0 Å². The normalized spacial score (nSPS) is 17.3. The molecule has 0 unspecified atom stereocenters. The Labute approximate surface area is 145 Å². The minimum atomic E-state index is -4.02. The highest BCUT2D eigenvalue weighted by Gasteiger charge is 2.28. The van der Waals surface area contributed by atoms with Gasteiger partial charge in [0, 0.05) is 19.4 Å². The van der Waals surface area contributed by atoms with Crippen LogP contribution in [0.15, 0.2) is 47.6 Å². The first-order valence-corrected chi connectivity index (χ1v) is 9.37. The van der Waals surface area contributed by atoms with Gasteiger partial charge in [-0.05, 0) is 18.4 Å². The van der Waals surface area contributed by atoms with Crippen LogP contribution in [0.5, 0.6) is 0 Å². The number of nitrogens with one attached hydrogen (secondary N) is 1. The predicted octanol–water partition coefficient (Wildman–Crippen LogP) is 1.34. The molecule has 2 heterocycles. The molecular weight excluding hydrogens is 346 g/mol. The third kappa shape index (κ3) is 4.06. The highest BCUT2D eigenvalue weighted by molar-refractivity contribution is 7.89. The standard InChI is InChI=1S/C16H19N3O5S/c20-16(21)15(12-4-2-1-3-5-12)18-25(22,23)14-10-17-19(11-14)13-6-8-24-9-7-13/h1-5,10-11,13,15,18H,6-9H2,(H,20,21)/t15-/m1/s1. The van der Waals surface area contributed by atoms with Gasteiger partial charge in [0.2, 0.25) is 10.0 Å². The molecule has 1 atom stereocenters. The van der Waals surface area contributed by atoms with Gasteiger partial charge in [-0.15, -0.1) is 0 Å². The molecule has 0 bridgehead atoms. The molecule has 1 aromatic carbocycles. The Morgan fingerprint density at radius 3 is 2.60 bits per heavy atom. The van der Waals surface area contributed by atoms with Crippen LogP contribution >= 0.6 is 0 Å². The van der Waals surface area contributed by atoms with E-state index in [1.807, 2.05) is 0 Å². The largest absolute Gasteiger partial charge is 0.480 e. The van der Waals surface area contributed by atoms with Gasteiger partial charge in [-0.25, -0.2) is 8.42 Å². The average Bonchev–Trinajstić information content (AvgIpc) is 3.12. The van der Waals surface area contributed by atoms with Gasteiger partial charge >= 0.3 is 5.97 Å². The molecule has 0 spiro atoms. The van der Waals surface area contributed by atoms with E-state index in [-0.39, 0.29) is 10.9 Å². The van der Waals surface area contributed by atoms with E-state index in [1.165, 1.54) is 12.4 Å². The first-order chi connectivity index (χ1) is 12.0. The second-order valence-corrected chi connectivity index (χ2v) is 7.52. The van der Waals surface area contributed by atoms with Gasteiger partial charge in [-0.2, -0.15) is 9.82 Å². The summed E-state index contributed by atoms with van der Waals surface area (Å²) in [5.74, 6) is -1.27. The van der Waals surface area contributed by atoms with Gasteiger partial charge in [-0.1, -0.05) is 30.3 Å². The van der Waals surface area contributed by atoms with Crippen LogP contribution in [0.3, 0.4) is 0 Å². The van der Waals surface area contributed by atoms with Crippen LogP contribution in [0, 0.1) is 0 Å². The lowest BCUT2D eigenvalue weighted by Crippen LogP contribution is -2.33. The molecule has 0 aliphatic carbocycles. The third-order valence-corrected chi connectivity index (χ3v) is 5.48. The fourth-order valence-corrected chi connectivity index (χ4v) is 3.85. The van der Waals surface area contributed by atoms with E-state index in [0.29, 0.717) is 18.8 Å². The number of carboxylic acid groups (broad SMARTS) is 1. The second-order valence-electron chi connectivity index (χ2n) is 5.80. The summed E-state index contributed by atoms with van der Waals surface area (Å²) in [6.45, 7) is 1.22. The molecule has 25 heavy (non-hydrogen) atoms. The molecule has 2 N–H and O–H groups in total. The Morgan fingerprint density at radius 1 is 1.28 bits per heavy atom. The first kappa shape index (κ1) is 17.6. The van der Waals surface area contributed by atoms with Crippen molar-refractivity contribution >= 4 is 16.0 Å². The van der Waals surface area contributed by atoms with Crippen LogP contribution < -0.4 is 4.72 Å². The van der Waals surface area contributed by atoms with Crippen LogP contribution in [0.4, 0.5) is 0 Å². The molecule has 2 aromatic rings. The van der Waals surface area contributed by atoms with Crippen molar-refractivity contribution in [3.8, 4) is 0 Å². The molecular formula is C16H19N3O5S. The summed E-state index contributed by atoms with van der Waals surface area (Å²) in [4.78, 5) is 11.4. The van der Waals surface area contributed by atoms with Gasteiger partial charge in [-0.3, -0.25) is 9.48 Å². The van der Waals surface area contributed by atoms with Crippen molar-refractivity contribution in [2.45, 2.75) is 29.8 Å². The van der Waals surface area contributed by atoms with E-state index in [0.717, 1.165) is 12.8 Å². The zero-order valence-corrected chi connectivity index (χ0v) is 14.2. The van der Waals surface area contributed by atoms with E-state index in [9.17, 15) is 18.3 Å². The van der Waals surface area contributed by atoms with E-state index in [4.69, 9.17) is 4.74 Å². The summed E-state index contributed by atoms with van der Waals surface area (Å²) >= 11 is 0. The Bertz CT molecular complexity index is 828. The molecule has 1 aliphatic heterocycles. The van der Waals surface area contributed by atoms with Crippen LogP contribution in [0.25, 0.3) is 0 Å². The minimum Gasteiger partial charge on any atom is -0.480 e. The van der Waals surface area contributed by atoms with Crippen molar-refractivity contribution in [1.29, 1.82) is 0 Å². The van der Waals surface area contributed by atoms with Crippen LogP contribution in [-0.2, 0) is 19.6 Å². The number of nitrogens with zero attached hydrogens (tertiary/aromatic N) is 2. The number of aliphatic carboxylic acids is 1. The van der Waals surface area contributed by atoms with E-state index in [1.54, 1.807) is 35.0 Å². The van der Waals surface area contributed by atoms with Crippen molar-refractivity contribution in [3.05, 3.63) is 48.3 Å². The van der Waals surface area contributed by atoms with Crippen molar-refractivity contribution in [3.63, 3.8) is 0 Å². The lowest BCUT2D eigenvalue weighted by molar-refractivity contribution is -0.139. The number of hydrogen-bond donors (Lipinski definition) is 2. The maximum Gasteiger partial charge on any atom is 0.326 e. The van der Waals surface area contributed by atoms with E-state index in [2.05, 4.69) is 9.82 Å². The Morgan fingerprint density at radius 2 is 1.96 bits per heavy atom. The Balaban J connectivity index is 1.81. The number of hydrogen-bond acceptors (Lipinski definition) is 5. The maximum absolute atomic E-state index is 12.6. The summed E-state index contributed by atoms with van der Waals surface area (Å²) in [6.07, 6.45) is 4.19. The maximum atomic E-state index is 12.6. The molecule has 1 fully saturated rings. The summed E-state index contributed by atoms with van der Waals surface area (Å²) in [7, 11) is -4.02. The SMILES string of the molecule is O=C(O)[C@H](NS(=O)(=O)c1cnn(C2CCOCC2)c1)c1ccccc1. The monoisotopic (exact) mass is 365 g/mol. The number of carbonyl (C=O) groups is 1. The third-order valence-electron chi connectivity index (χ3n) is 4.11. The molecule has 134 valence electrons. The van der Waals surface area contributed by atoms with Gasteiger partial charge in [0.1, 0.15) is 10.9 Å². The number of ether oxygens (including phenoxy) is 1. The van der Waals surface area contributed by atoms with Gasteiger partial charge in [0.15, 0.2) is 0 Å². The number of rotatable bonds is 6. The lowest BCUT2D eigenvalue weighted by Gasteiger charge is -2.22. The highest BCUT2D eigenvalue weighted by Crippen LogP contribution is 2.22. The molecule has 8 nitrogen and oxygen atoms in total. The van der Waals surface area contributed by atoms with Crippen molar-refractivity contribution in [1.82, 2.24) is 14.5 Å². The molecule has 1 aromatic heterocycles. The number of aromatic nitrogens is 2. The van der Waals surface area contributed by atoms with Gasteiger partial charge < -0.3 is 9.84 Å². The summed E-state index contributed by atoms with van der Waals surface area (Å²) in [5, 5.41) is 13.5. The topological polar surface area (TPSA) is 111 Å². The molecule has 1 aliphatic rings. The Hall–Kier alpha value is -2.23. The van der Waals surface area contributed by atoms with E-state index >= 15 is 0 Å². The molecule has 0 radical (unpaired) electrons. The molecule has 1 saturated heterocycles. The lowest BCUT2D eigenvalue weighted by atomic mass is 10.1.